The highest BCUT2D eigenvalue weighted by Crippen LogP contribution is 2.27. The molecule has 3 rings (SSSR count). The zero-order chi connectivity index (χ0) is 14.7. The van der Waals surface area contributed by atoms with Crippen LogP contribution in [0.1, 0.15) is 23.4 Å². The number of hydrogen-bond donors (Lipinski definition) is 2. The van der Waals surface area contributed by atoms with E-state index >= 15 is 0 Å². The minimum atomic E-state index is -0.0215. The molecule has 110 valence electrons. The minimum absolute atomic E-state index is 0.0215. The van der Waals surface area contributed by atoms with Crippen molar-refractivity contribution in [3.05, 3.63) is 40.9 Å². The van der Waals surface area contributed by atoms with Crippen LogP contribution in [0, 0.1) is 6.92 Å². The van der Waals surface area contributed by atoms with Crippen LogP contribution in [0.5, 0.6) is 0 Å². The maximum absolute atomic E-state index is 12.0. The average molecular weight is 301 g/mol. The monoisotopic (exact) mass is 301 g/mol. The predicted octanol–water partition coefficient (Wildman–Crippen LogP) is 2.49. The number of thiazole rings is 1. The molecule has 5 heteroatoms. The first kappa shape index (κ1) is 14.2. The number of hydrogen-bond acceptors (Lipinski definition) is 4. The predicted molar refractivity (Wildman–Crippen MR) is 85.2 cm³/mol. The van der Waals surface area contributed by atoms with Crippen molar-refractivity contribution >= 4 is 17.2 Å². The molecule has 2 aromatic rings. The fraction of sp³-hybridized carbons (Fsp3) is 0.375. The number of aromatic nitrogens is 1. The van der Waals surface area contributed by atoms with Gasteiger partial charge in [0.1, 0.15) is 5.01 Å². The topological polar surface area (TPSA) is 54.0 Å². The van der Waals surface area contributed by atoms with Crippen LogP contribution in [0.3, 0.4) is 0 Å². The first-order valence-corrected chi connectivity index (χ1v) is 8.08. The Morgan fingerprint density at radius 2 is 2.24 bits per heavy atom. The quantitative estimate of drug-likeness (QED) is 0.912. The van der Waals surface area contributed by atoms with Crippen LogP contribution in [-0.4, -0.2) is 23.5 Å². The van der Waals surface area contributed by atoms with Crippen molar-refractivity contribution in [3.63, 3.8) is 0 Å². The molecule has 1 fully saturated rings. The summed E-state index contributed by atoms with van der Waals surface area (Å²) in [7, 11) is 0. The third kappa shape index (κ3) is 3.31. The Balaban J connectivity index is 1.66. The number of carbonyl (C=O) groups is 1. The molecule has 0 bridgehead atoms. The van der Waals surface area contributed by atoms with Gasteiger partial charge in [0.2, 0.25) is 5.91 Å². The molecule has 1 aliphatic heterocycles. The number of nitrogens with one attached hydrogen (secondary N) is 2. The number of aryl methyl sites for hydroxylation is 1. The fourth-order valence-electron chi connectivity index (χ4n) is 2.50. The average Bonchev–Trinajstić information content (AvgIpc) is 3.16. The Kier molecular flexibility index (Phi) is 4.31. The largest absolute Gasteiger partial charge is 0.350 e. The van der Waals surface area contributed by atoms with Crippen molar-refractivity contribution in [2.24, 2.45) is 0 Å². The van der Waals surface area contributed by atoms with Crippen molar-refractivity contribution in [3.8, 4) is 10.6 Å². The first-order chi connectivity index (χ1) is 10.2. The van der Waals surface area contributed by atoms with Gasteiger partial charge in [-0.1, -0.05) is 30.3 Å². The summed E-state index contributed by atoms with van der Waals surface area (Å²) >= 11 is 1.65. The van der Waals surface area contributed by atoms with E-state index in [0.29, 0.717) is 6.54 Å². The lowest BCUT2D eigenvalue weighted by Crippen LogP contribution is -2.39. The highest BCUT2D eigenvalue weighted by Gasteiger charge is 2.22. The minimum Gasteiger partial charge on any atom is -0.350 e. The van der Waals surface area contributed by atoms with E-state index in [1.165, 1.54) is 0 Å². The third-order valence-electron chi connectivity index (χ3n) is 3.71. The first-order valence-electron chi connectivity index (χ1n) is 7.27. The maximum Gasteiger partial charge on any atom is 0.237 e. The van der Waals surface area contributed by atoms with Crippen LogP contribution in [-0.2, 0) is 11.3 Å². The second-order valence-corrected chi connectivity index (χ2v) is 6.34. The number of rotatable bonds is 4. The number of benzene rings is 1. The zero-order valence-electron chi connectivity index (χ0n) is 12.1. The van der Waals surface area contributed by atoms with Gasteiger partial charge in [0.25, 0.3) is 0 Å². The standard InChI is InChI=1S/C16H19N3OS/c1-11-14(10-18-15(20)13-8-5-9-17-13)21-16(19-11)12-6-3-2-4-7-12/h2-4,6-7,13,17H,5,8-10H2,1H3,(H,18,20). The Morgan fingerprint density at radius 3 is 2.95 bits per heavy atom. The van der Waals surface area contributed by atoms with E-state index in [1.807, 2.05) is 25.1 Å². The van der Waals surface area contributed by atoms with E-state index in [0.717, 1.165) is 40.5 Å². The van der Waals surface area contributed by atoms with Crippen molar-refractivity contribution in [1.29, 1.82) is 0 Å². The summed E-state index contributed by atoms with van der Waals surface area (Å²) in [5.74, 6) is 0.0987. The molecule has 2 heterocycles. The van der Waals surface area contributed by atoms with Crippen LogP contribution in [0.15, 0.2) is 30.3 Å². The van der Waals surface area contributed by atoms with E-state index in [-0.39, 0.29) is 11.9 Å². The molecule has 1 amide bonds. The molecule has 0 spiro atoms. The molecule has 1 saturated heterocycles. The Bertz CT molecular complexity index is 618. The molecule has 0 saturated carbocycles. The molecule has 1 aliphatic rings. The summed E-state index contributed by atoms with van der Waals surface area (Å²) < 4.78 is 0. The van der Waals surface area contributed by atoms with Crippen LogP contribution >= 0.6 is 11.3 Å². The van der Waals surface area contributed by atoms with Gasteiger partial charge in [0.15, 0.2) is 0 Å². The van der Waals surface area contributed by atoms with Gasteiger partial charge in [0.05, 0.1) is 18.3 Å². The lowest BCUT2D eigenvalue weighted by atomic mass is 10.2. The van der Waals surface area contributed by atoms with E-state index < -0.39 is 0 Å². The van der Waals surface area contributed by atoms with Gasteiger partial charge < -0.3 is 10.6 Å². The van der Waals surface area contributed by atoms with Gasteiger partial charge >= 0.3 is 0 Å². The number of carbonyl (C=O) groups excluding carboxylic acids is 1. The molecule has 0 aliphatic carbocycles. The van der Waals surface area contributed by atoms with E-state index in [4.69, 9.17) is 0 Å². The SMILES string of the molecule is Cc1nc(-c2ccccc2)sc1CNC(=O)C1CCCN1. The molecule has 2 N–H and O–H groups in total. The molecular weight excluding hydrogens is 282 g/mol. The van der Waals surface area contributed by atoms with Crippen molar-refractivity contribution in [2.75, 3.05) is 6.54 Å². The Hall–Kier alpha value is -1.72. The Morgan fingerprint density at radius 1 is 1.43 bits per heavy atom. The molecule has 1 unspecified atom stereocenters. The molecular formula is C16H19N3OS. The highest BCUT2D eigenvalue weighted by atomic mass is 32.1. The van der Waals surface area contributed by atoms with Crippen LogP contribution < -0.4 is 10.6 Å². The molecule has 1 aromatic heterocycles. The maximum atomic E-state index is 12.0. The van der Waals surface area contributed by atoms with Gasteiger partial charge in [-0.2, -0.15) is 0 Å². The number of nitrogens with zero attached hydrogens (tertiary/aromatic N) is 1. The summed E-state index contributed by atoms with van der Waals surface area (Å²) in [5.41, 5.74) is 2.12. The van der Waals surface area contributed by atoms with Crippen molar-refractivity contribution in [2.45, 2.75) is 32.4 Å². The van der Waals surface area contributed by atoms with E-state index in [9.17, 15) is 4.79 Å². The van der Waals surface area contributed by atoms with Crippen LogP contribution in [0.4, 0.5) is 0 Å². The Labute approximate surface area is 128 Å². The fourth-order valence-corrected chi connectivity index (χ4v) is 3.50. The normalized spacial score (nSPS) is 17.9. The lowest BCUT2D eigenvalue weighted by molar-refractivity contribution is -0.122. The molecule has 1 aromatic carbocycles. The van der Waals surface area contributed by atoms with E-state index in [1.54, 1.807) is 11.3 Å². The molecule has 0 radical (unpaired) electrons. The highest BCUT2D eigenvalue weighted by molar-refractivity contribution is 7.15. The molecule has 4 nitrogen and oxygen atoms in total. The summed E-state index contributed by atoms with van der Waals surface area (Å²) in [6.45, 7) is 3.50. The van der Waals surface area contributed by atoms with Gasteiger partial charge in [0, 0.05) is 10.4 Å². The lowest BCUT2D eigenvalue weighted by Gasteiger charge is -2.10. The molecule has 21 heavy (non-hydrogen) atoms. The summed E-state index contributed by atoms with van der Waals surface area (Å²) in [5, 5.41) is 7.24. The summed E-state index contributed by atoms with van der Waals surface area (Å²) in [4.78, 5) is 17.8. The van der Waals surface area contributed by atoms with Crippen LogP contribution in [0.2, 0.25) is 0 Å². The van der Waals surface area contributed by atoms with Crippen LogP contribution in [0.25, 0.3) is 10.6 Å². The van der Waals surface area contributed by atoms with E-state index in [2.05, 4.69) is 27.8 Å². The number of amides is 1. The van der Waals surface area contributed by atoms with Gasteiger partial charge in [-0.25, -0.2) is 4.98 Å². The summed E-state index contributed by atoms with van der Waals surface area (Å²) in [6.07, 6.45) is 2.01. The zero-order valence-corrected chi connectivity index (χ0v) is 12.9. The third-order valence-corrected chi connectivity index (χ3v) is 4.92. The second-order valence-electron chi connectivity index (χ2n) is 5.26. The smallest absolute Gasteiger partial charge is 0.237 e. The van der Waals surface area contributed by atoms with Gasteiger partial charge in [-0.15, -0.1) is 11.3 Å². The van der Waals surface area contributed by atoms with Gasteiger partial charge in [-0.05, 0) is 26.3 Å². The van der Waals surface area contributed by atoms with Crippen molar-refractivity contribution in [1.82, 2.24) is 15.6 Å². The summed E-state index contributed by atoms with van der Waals surface area (Å²) in [6, 6.07) is 10.1. The second kappa shape index (κ2) is 6.37. The molecule has 1 atom stereocenters. The van der Waals surface area contributed by atoms with Gasteiger partial charge in [-0.3, -0.25) is 4.79 Å². The van der Waals surface area contributed by atoms with Crippen molar-refractivity contribution < 1.29 is 4.79 Å².